The number of hydrogen-bond acceptors (Lipinski definition) is 5. The van der Waals surface area contributed by atoms with Crippen molar-refractivity contribution in [1.82, 2.24) is 14.7 Å². The number of rotatable bonds is 6. The number of benzene rings is 1. The summed E-state index contributed by atoms with van der Waals surface area (Å²) >= 11 is 5.92. The number of fused-ring (bicyclic) bond motifs is 1. The summed E-state index contributed by atoms with van der Waals surface area (Å²) in [4.78, 5) is 25.0. The molecule has 1 aliphatic rings. The summed E-state index contributed by atoms with van der Waals surface area (Å²) in [5, 5.41) is 15.5. The lowest BCUT2D eigenvalue weighted by atomic mass is 10.0. The smallest absolute Gasteiger partial charge is 0.435 e. The number of alkyl halides is 3. The first-order valence-electron chi connectivity index (χ1n) is 8.81. The Balaban J connectivity index is 1.87. The SMILES string of the molecule is COc1ccc(Cl)cc1NC(=O)Cn1nc(C(F)(F)F)c2c1CN(CC(=O)O)CC2. The van der Waals surface area contributed by atoms with Crippen LogP contribution in [0, 0.1) is 0 Å². The normalized spacial score (nSPS) is 14.3. The molecule has 0 saturated carbocycles. The van der Waals surface area contributed by atoms with Gasteiger partial charge in [-0.25, -0.2) is 0 Å². The average molecular weight is 447 g/mol. The maximum absolute atomic E-state index is 13.4. The van der Waals surface area contributed by atoms with E-state index in [0.29, 0.717) is 10.8 Å². The quantitative estimate of drug-likeness (QED) is 0.708. The largest absolute Gasteiger partial charge is 0.495 e. The first kappa shape index (κ1) is 21.9. The third-order valence-corrected chi connectivity index (χ3v) is 4.81. The molecule has 0 radical (unpaired) electrons. The lowest BCUT2D eigenvalue weighted by Gasteiger charge is -2.26. The molecule has 0 fully saturated rings. The van der Waals surface area contributed by atoms with E-state index in [-0.39, 0.29) is 43.0 Å². The molecule has 1 aliphatic heterocycles. The van der Waals surface area contributed by atoms with Crippen LogP contribution in [0.2, 0.25) is 5.02 Å². The van der Waals surface area contributed by atoms with Crippen molar-refractivity contribution in [3.05, 3.63) is 40.2 Å². The van der Waals surface area contributed by atoms with E-state index in [1.807, 2.05) is 0 Å². The Bertz CT molecular complexity index is 977. The Kier molecular flexibility index (Phi) is 6.22. The van der Waals surface area contributed by atoms with E-state index in [4.69, 9.17) is 21.4 Å². The van der Waals surface area contributed by atoms with Gasteiger partial charge in [-0.2, -0.15) is 18.3 Å². The average Bonchev–Trinajstić information content (AvgIpc) is 2.99. The predicted octanol–water partition coefficient (Wildman–Crippen LogP) is 2.65. The Morgan fingerprint density at radius 2 is 2.07 bits per heavy atom. The van der Waals surface area contributed by atoms with Crippen LogP contribution in [0.25, 0.3) is 0 Å². The third-order valence-electron chi connectivity index (χ3n) is 4.57. The predicted molar refractivity (Wildman–Crippen MR) is 100 cm³/mol. The van der Waals surface area contributed by atoms with Gasteiger partial charge in [0.05, 0.1) is 25.0 Å². The first-order valence-corrected chi connectivity index (χ1v) is 9.19. The summed E-state index contributed by atoms with van der Waals surface area (Å²) < 4.78 is 46.3. The molecule has 1 aromatic heterocycles. The van der Waals surface area contributed by atoms with Gasteiger partial charge in [-0.3, -0.25) is 19.2 Å². The molecular weight excluding hydrogens is 429 g/mol. The second-order valence-electron chi connectivity index (χ2n) is 6.68. The third kappa shape index (κ3) is 4.85. The molecule has 8 nitrogen and oxygen atoms in total. The summed E-state index contributed by atoms with van der Waals surface area (Å²) in [5.41, 5.74) is -0.638. The Morgan fingerprint density at radius 3 is 2.70 bits per heavy atom. The highest BCUT2D eigenvalue weighted by Crippen LogP contribution is 2.35. The van der Waals surface area contributed by atoms with Crippen molar-refractivity contribution in [2.24, 2.45) is 0 Å². The number of anilines is 1. The number of aliphatic carboxylic acids is 1. The van der Waals surface area contributed by atoms with Crippen molar-refractivity contribution in [3.8, 4) is 5.75 Å². The van der Waals surface area contributed by atoms with Crippen LogP contribution < -0.4 is 10.1 Å². The molecule has 162 valence electrons. The van der Waals surface area contributed by atoms with Crippen molar-refractivity contribution in [2.45, 2.75) is 25.7 Å². The first-order chi connectivity index (χ1) is 14.1. The molecular formula is C18H18ClF3N4O4. The summed E-state index contributed by atoms with van der Waals surface area (Å²) in [6.45, 7) is -0.717. The van der Waals surface area contributed by atoms with Gasteiger partial charge < -0.3 is 15.2 Å². The number of methoxy groups -OCH3 is 1. The van der Waals surface area contributed by atoms with Crippen molar-refractivity contribution in [2.75, 3.05) is 25.5 Å². The number of carbonyl (C=O) groups excluding carboxylic acids is 1. The van der Waals surface area contributed by atoms with E-state index in [1.165, 1.54) is 18.1 Å². The van der Waals surface area contributed by atoms with Gasteiger partial charge >= 0.3 is 12.1 Å². The monoisotopic (exact) mass is 446 g/mol. The van der Waals surface area contributed by atoms with Crippen LogP contribution in [0.1, 0.15) is 17.0 Å². The van der Waals surface area contributed by atoms with Gasteiger partial charge in [-0.1, -0.05) is 11.6 Å². The van der Waals surface area contributed by atoms with E-state index in [2.05, 4.69) is 10.4 Å². The molecule has 12 heteroatoms. The summed E-state index contributed by atoms with van der Waals surface area (Å²) in [5.74, 6) is -1.39. The number of carboxylic acid groups (broad SMARTS) is 1. The lowest BCUT2D eigenvalue weighted by Crippen LogP contribution is -2.36. The fraction of sp³-hybridized carbons (Fsp3) is 0.389. The Labute approximate surface area is 174 Å². The van der Waals surface area contributed by atoms with Gasteiger partial charge in [0.15, 0.2) is 5.69 Å². The second kappa shape index (κ2) is 8.52. The molecule has 1 amide bonds. The van der Waals surface area contributed by atoms with Crippen LogP contribution in [0.5, 0.6) is 5.75 Å². The van der Waals surface area contributed by atoms with Crippen molar-refractivity contribution >= 4 is 29.2 Å². The maximum atomic E-state index is 13.4. The van der Waals surface area contributed by atoms with Crippen LogP contribution in [0.15, 0.2) is 18.2 Å². The number of halogens is 4. The number of carbonyl (C=O) groups is 2. The number of carboxylic acids is 1. The lowest BCUT2D eigenvalue weighted by molar-refractivity contribution is -0.142. The van der Waals surface area contributed by atoms with Crippen LogP contribution >= 0.6 is 11.6 Å². The van der Waals surface area contributed by atoms with Gasteiger partial charge in [0.2, 0.25) is 5.91 Å². The topological polar surface area (TPSA) is 96.7 Å². The molecule has 3 rings (SSSR count). The van der Waals surface area contributed by atoms with E-state index in [1.54, 1.807) is 12.1 Å². The zero-order chi connectivity index (χ0) is 22.1. The van der Waals surface area contributed by atoms with Crippen molar-refractivity contribution in [1.29, 1.82) is 0 Å². The molecule has 0 spiro atoms. The van der Waals surface area contributed by atoms with E-state index in [9.17, 15) is 22.8 Å². The van der Waals surface area contributed by atoms with E-state index in [0.717, 1.165) is 4.68 Å². The number of nitrogens with one attached hydrogen (secondary N) is 1. The zero-order valence-corrected chi connectivity index (χ0v) is 16.5. The molecule has 2 aromatic rings. The minimum absolute atomic E-state index is 0.0127. The van der Waals surface area contributed by atoms with Gasteiger partial charge in [0.1, 0.15) is 12.3 Å². The standard InChI is InChI=1S/C18H18ClF3N4O4/c1-30-14-3-2-10(19)6-12(14)23-15(27)8-26-13-7-25(9-16(28)29)5-4-11(13)17(24-26)18(20,21)22/h2-3,6H,4-5,7-9H2,1H3,(H,23,27)(H,28,29). The van der Waals surface area contributed by atoms with Gasteiger partial charge in [0, 0.05) is 23.7 Å². The van der Waals surface area contributed by atoms with Gasteiger partial charge in [-0.15, -0.1) is 0 Å². The highest BCUT2D eigenvalue weighted by molar-refractivity contribution is 6.31. The molecule has 30 heavy (non-hydrogen) atoms. The summed E-state index contributed by atoms with van der Waals surface area (Å²) in [6, 6.07) is 4.55. The number of nitrogens with zero attached hydrogens (tertiary/aromatic N) is 3. The van der Waals surface area contributed by atoms with Crippen LogP contribution in [-0.2, 0) is 35.3 Å². The van der Waals surface area contributed by atoms with Crippen LogP contribution in [0.3, 0.4) is 0 Å². The number of ether oxygens (including phenoxy) is 1. The van der Waals surface area contributed by atoms with E-state index < -0.39 is 30.3 Å². The Hall–Kier alpha value is -2.79. The fourth-order valence-electron chi connectivity index (χ4n) is 3.32. The molecule has 2 N–H and O–H groups in total. The zero-order valence-electron chi connectivity index (χ0n) is 15.8. The number of hydrogen-bond donors (Lipinski definition) is 2. The van der Waals surface area contributed by atoms with Crippen LogP contribution in [-0.4, -0.2) is 51.9 Å². The molecule has 0 bridgehead atoms. The number of amides is 1. The molecule has 1 aromatic carbocycles. The highest BCUT2D eigenvalue weighted by atomic mass is 35.5. The summed E-state index contributed by atoms with van der Waals surface area (Å²) in [7, 11) is 1.40. The maximum Gasteiger partial charge on any atom is 0.435 e. The van der Waals surface area contributed by atoms with Crippen LogP contribution in [0.4, 0.5) is 18.9 Å². The molecule has 0 atom stereocenters. The second-order valence-corrected chi connectivity index (χ2v) is 7.11. The van der Waals surface area contributed by atoms with Gasteiger partial charge in [0.25, 0.3) is 0 Å². The molecule has 0 unspecified atom stereocenters. The van der Waals surface area contributed by atoms with E-state index >= 15 is 0 Å². The Morgan fingerprint density at radius 1 is 1.33 bits per heavy atom. The van der Waals surface area contributed by atoms with Gasteiger partial charge in [-0.05, 0) is 24.6 Å². The van der Waals surface area contributed by atoms with Crippen molar-refractivity contribution < 1.29 is 32.6 Å². The van der Waals surface area contributed by atoms with Crippen molar-refractivity contribution in [3.63, 3.8) is 0 Å². The summed E-state index contributed by atoms with van der Waals surface area (Å²) in [6.07, 6.45) is -4.70. The number of aromatic nitrogens is 2. The highest BCUT2D eigenvalue weighted by Gasteiger charge is 2.40. The molecule has 0 aliphatic carbocycles. The molecule has 2 heterocycles. The molecule has 0 saturated heterocycles. The minimum Gasteiger partial charge on any atom is -0.495 e. The fourth-order valence-corrected chi connectivity index (χ4v) is 3.49. The minimum atomic E-state index is -4.68.